The Hall–Kier alpha value is -0.610. The van der Waals surface area contributed by atoms with Crippen LogP contribution in [0.15, 0.2) is 24.3 Å². The van der Waals surface area contributed by atoms with Crippen LogP contribution >= 0.6 is 11.6 Å². The molecule has 0 bridgehead atoms. The van der Waals surface area contributed by atoms with Crippen LogP contribution in [0.2, 0.25) is 5.02 Å². The number of ether oxygens (including phenoxy) is 1. The predicted molar refractivity (Wildman–Crippen MR) is 81.8 cm³/mol. The minimum Gasteiger partial charge on any atom is -0.383 e. The molecule has 2 unspecified atom stereocenters. The summed E-state index contributed by atoms with van der Waals surface area (Å²) < 4.78 is 5.32. The summed E-state index contributed by atoms with van der Waals surface area (Å²) in [4.78, 5) is 2.31. The van der Waals surface area contributed by atoms with Crippen molar-refractivity contribution < 1.29 is 4.74 Å². The molecule has 0 aliphatic rings. The number of nitrogens with zero attached hydrogens (tertiary/aromatic N) is 1. The highest BCUT2D eigenvalue weighted by atomic mass is 35.5. The second kappa shape index (κ2) is 8.54. The highest BCUT2D eigenvalue weighted by molar-refractivity contribution is 6.31. The Labute approximate surface area is 121 Å². The lowest BCUT2D eigenvalue weighted by Gasteiger charge is -2.33. The van der Waals surface area contributed by atoms with Crippen LogP contribution in [0.4, 0.5) is 0 Å². The quantitative estimate of drug-likeness (QED) is 0.794. The van der Waals surface area contributed by atoms with E-state index in [0.717, 1.165) is 23.7 Å². The maximum atomic E-state index is 6.28. The molecule has 1 rings (SSSR count). The fourth-order valence-corrected chi connectivity index (χ4v) is 2.47. The topological polar surface area (TPSA) is 24.5 Å². The Kier molecular flexibility index (Phi) is 7.39. The Morgan fingerprint density at radius 3 is 2.63 bits per heavy atom. The summed E-state index contributed by atoms with van der Waals surface area (Å²) in [6.45, 7) is 6.87. The summed E-state index contributed by atoms with van der Waals surface area (Å²) in [5.74, 6) is 0. The molecule has 108 valence electrons. The van der Waals surface area contributed by atoms with Crippen molar-refractivity contribution in [3.8, 4) is 0 Å². The zero-order chi connectivity index (χ0) is 14.3. The van der Waals surface area contributed by atoms with E-state index in [1.807, 2.05) is 18.2 Å². The molecular formula is C15H25ClN2O. The molecule has 0 saturated carbocycles. The second-order valence-electron chi connectivity index (χ2n) is 4.78. The summed E-state index contributed by atoms with van der Waals surface area (Å²) in [6.07, 6.45) is 0. The molecule has 1 N–H and O–H groups in total. The van der Waals surface area contributed by atoms with Gasteiger partial charge in [0, 0.05) is 30.8 Å². The van der Waals surface area contributed by atoms with Gasteiger partial charge in [-0.1, -0.05) is 36.7 Å². The van der Waals surface area contributed by atoms with Gasteiger partial charge in [-0.15, -0.1) is 0 Å². The summed E-state index contributed by atoms with van der Waals surface area (Å²) in [7, 11) is 3.86. The smallest absolute Gasteiger partial charge is 0.0630 e. The average molecular weight is 285 g/mol. The van der Waals surface area contributed by atoms with E-state index in [0.29, 0.717) is 12.6 Å². The SMILES string of the molecule is CCNCC(COC)N(C)C(C)c1ccccc1Cl. The molecule has 0 aliphatic heterocycles. The normalized spacial score (nSPS) is 14.6. The first-order valence-electron chi connectivity index (χ1n) is 6.77. The first-order valence-corrected chi connectivity index (χ1v) is 7.15. The number of nitrogens with one attached hydrogen (secondary N) is 1. The summed E-state index contributed by atoms with van der Waals surface area (Å²) in [5, 5.41) is 4.20. The summed E-state index contributed by atoms with van der Waals surface area (Å²) in [5.41, 5.74) is 1.16. The highest BCUT2D eigenvalue weighted by Gasteiger charge is 2.21. The third-order valence-electron chi connectivity index (χ3n) is 3.53. The molecule has 1 aromatic rings. The molecule has 2 atom stereocenters. The number of benzene rings is 1. The van der Waals surface area contributed by atoms with Crippen molar-refractivity contribution in [2.45, 2.75) is 25.9 Å². The Bertz CT molecular complexity index is 373. The van der Waals surface area contributed by atoms with Gasteiger partial charge >= 0.3 is 0 Å². The molecule has 0 radical (unpaired) electrons. The van der Waals surface area contributed by atoms with E-state index in [1.54, 1.807) is 7.11 Å². The maximum Gasteiger partial charge on any atom is 0.0630 e. The van der Waals surface area contributed by atoms with Crippen LogP contribution in [-0.4, -0.2) is 44.8 Å². The third kappa shape index (κ3) is 4.77. The van der Waals surface area contributed by atoms with Crippen molar-refractivity contribution >= 4 is 11.6 Å². The zero-order valence-corrected chi connectivity index (χ0v) is 13.1. The van der Waals surface area contributed by atoms with Crippen molar-refractivity contribution in [3.63, 3.8) is 0 Å². The van der Waals surface area contributed by atoms with Crippen LogP contribution in [-0.2, 0) is 4.74 Å². The van der Waals surface area contributed by atoms with Gasteiger partial charge in [-0.3, -0.25) is 4.90 Å². The monoisotopic (exact) mass is 284 g/mol. The molecular weight excluding hydrogens is 260 g/mol. The van der Waals surface area contributed by atoms with Crippen molar-refractivity contribution in [2.75, 3.05) is 33.9 Å². The van der Waals surface area contributed by atoms with Gasteiger partial charge in [0.05, 0.1) is 6.61 Å². The van der Waals surface area contributed by atoms with Crippen LogP contribution in [0.3, 0.4) is 0 Å². The van der Waals surface area contributed by atoms with Gasteiger partial charge in [-0.25, -0.2) is 0 Å². The molecule has 0 saturated heterocycles. The fourth-order valence-electron chi connectivity index (χ4n) is 2.17. The molecule has 3 nitrogen and oxygen atoms in total. The van der Waals surface area contributed by atoms with Crippen molar-refractivity contribution in [2.24, 2.45) is 0 Å². The number of methoxy groups -OCH3 is 1. The van der Waals surface area contributed by atoms with Crippen LogP contribution < -0.4 is 5.32 Å². The standard InChI is InChI=1S/C15H25ClN2O/c1-5-17-10-13(11-19-4)18(3)12(2)14-8-6-7-9-15(14)16/h6-9,12-13,17H,5,10-11H2,1-4H3. The van der Waals surface area contributed by atoms with Gasteiger partial charge in [0.2, 0.25) is 0 Å². The molecule has 19 heavy (non-hydrogen) atoms. The van der Waals surface area contributed by atoms with Crippen LogP contribution in [0.5, 0.6) is 0 Å². The van der Waals surface area contributed by atoms with E-state index in [2.05, 4.69) is 37.2 Å². The largest absolute Gasteiger partial charge is 0.383 e. The van der Waals surface area contributed by atoms with E-state index in [9.17, 15) is 0 Å². The van der Waals surface area contributed by atoms with Gasteiger partial charge in [0.15, 0.2) is 0 Å². The molecule has 0 fully saturated rings. The fraction of sp³-hybridized carbons (Fsp3) is 0.600. The van der Waals surface area contributed by atoms with Crippen LogP contribution in [0, 0.1) is 0 Å². The molecule has 4 heteroatoms. The van der Waals surface area contributed by atoms with E-state index < -0.39 is 0 Å². The predicted octanol–water partition coefficient (Wildman–Crippen LogP) is 2.96. The molecule has 0 aromatic heterocycles. The highest BCUT2D eigenvalue weighted by Crippen LogP contribution is 2.27. The lowest BCUT2D eigenvalue weighted by molar-refractivity contribution is 0.0840. The first-order chi connectivity index (χ1) is 9.11. The van der Waals surface area contributed by atoms with Gasteiger partial charge in [-0.2, -0.15) is 0 Å². The second-order valence-corrected chi connectivity index (χ2v) is 5.19. The zero-order valence-electron chi connectivity index (χ0n) is 12.3. The van der Waals surface area contributed by atoms with E-state index in [1.165, 1.54) is 0 Å². The maximum absolute atomic E-state index is 6.28. The molecule has 1 aromatic carbocycles. The van der Waals surface area contributed by atoms with Gasteiger partial charge < -0.3 is 10.1 Å². The van der Waals surface area contributed by atoms with E-state index in [-0.39, 0.29) is 6.04 Å². The van der Waals surface area contributed by atoms with Crippen LogP contribution in [0.1, 0.15) is 25.5 Å². The molecule has 0 amide bonds. The van der Waals surface area contributed by atoms with Crippen molar-refractivity contribution in [3.05, 3.63) is 34.9 Å². The van der Waals surface area contributed by atoms with E-state index in [4.69, 9.17) is 16.3 Å². The number of halogens is 1. The summed E-state index contributed by atoms with van der Waals surface area (Å²) >= 11 is 6.28. The third-order valence-corrected chi connectivity index (χ3v) is 3.88. The Morgan fingerprint density at radius 2 is 2.05 bits per heavy atom. The Balaban J connectivity index is 2.77. The Morgan fingerprint density at radius 1 is 1.37 bits per heavy atom. The molecule has 0 aliphatic carbocycles. The van der Waals surface area contributed by atoms with Crippen molar-refractivity contribution in [1.29, 1.82) is 0 Å². The summed E-state index contributed by atoms with van der Waals surface area (Å²) in [6, 6.07) is 8.60. The lowest BCUT2D eigenvalue weighted by atomic mass is 10.1. The van der Waals surface area contributed by atoms with Gasteiger partial charge in [0.1, 0.15) is 0 Å². The average Bonchev–Trinajstić information content (AvgIpc) is 2.42. The number of hydrogen-bond donors (Lipinski definition) is 1. The number of hydrogen-bond acceptors (Lipinski definition) is 3. The van der Waals surface area contributed by atoms with Gasteiger partial charge in [0.25, 0.3) is 0 Å². The molecule has 0 heterocycles. The minimum atomic E-state index is 0.257. The van der Waals surface area contributed by atoms with Gasteiger partial charge in [-0.05, 0) is 32.1 Å². The number of likely N-dealkylation sites (N-methyl/N-ethyl adjacent to an activating group) is 2. The lowest BCUT2D eigenvalue weighted by Crippen LogP contribution is -2.44. The molecule has 0 spiro atoms. The number of rotatable bonds is 8. The van der Waals surface area contributed by atoms with E-state index >= 15 is 0 Å². The van der Waals surface area contributed by atoms with Crippen LogP contribution in [0.25, 0.3) is 0 Å². The van der Waals surface area contributed by atoms with Crippen molar-refractivity contribution in [1.82, 2.24) is 10.2 Å². The minimum absolute atomic E-state index is 0.257. The first kappa shape index (κ1) is 16.4.